The van der Waals surface area contributed by atoms with Crippen molar-refractivity contribution < 1.29 is 9.52 Å². The number of nitrogens with zero attached hydrogens (tertiary/aromatic N) is 2. The van der Waals surface area contributed by atoms with Crippen LogP contribution >= 0.6 is 0 Å². The molecule has 0 bridgehead atoms. The van der Waals surface area contributed by atoms with Gasteiger partial charge in [0.1, 0.15) is 11.1 Å². The molecule has 0 aliphatic rings. The van der Waals surface area contributed by atoms with Crippen molar-refractivity contribution in [2.24, 2.45) is 0 Å². The number of aliphatic hydroxyl groups is 1. The number of rotatable bonds is 4. The van der Waals surface area contributed by atoms with Gasteiger partial charge >= 0.3 is 0 Å². The lowest BCUT2D eigenvalue weighted by atomic mass is 9.97. The molecule has 2 aromatic heterocycles. The van der Waals surface area contributed by atoms with Crippen LogP contribution in [0.25, 0.3) is 22.1 Å². The van der Waals surface area contributed by atoms with E-state index in [1.807, 2.05) is 38.1 Å². The molecule has 2 heterocycles. The van der Waals surface area contributed by atoms with Gasteiger partial charge in [0, 0.05) is 5.39 Å². The summed E-state index contributed by atoms with van der Waals surface area (Å²) in [4.78, 5) is 16.9. The van der Waals surface area contributed by atoms with Crippen LogP contribution in [0.5, 0.6) is 0 Å². The van der Waals surface area contributed by atoms with E-state index in [1.54, 1.807) is 0 Å². The van der Waals surface area contributed by atoms with Gasteiger partial charge in [-0.2, -0.15) is 0 Å². The number of fused-ring (bicyclic) bond motifs is 3. The minimum atomic E-state index is -0.898. The average Bonchev–Trinajstić information content (AvgIpc) is 2.89. The Morgan fingerprint density at radius 3 is 2.71 bits per heavy atom. The highest BCUT2D eigenvalue weighted by atomic mass is 16.3. The van der Waals surface area contributed by atoms with Gasteiger partial charge in [0.05, 0.1) is 18.5 Å². The van der Waals surface area contributed by atoms with Crippen LogP contribution in [0.3, 0.4) is 0 Å². The molecule has 3 aromatic rings. The van der Waals surface area contributed by atoms with E-state index in [1.165, 1.54) is 10.9 Å². The fraction of sp³-hybridized carbons (Fsp3) is 0.375. The first-order chi connectivity index (χ1) is 10.1. The molecule has 0 aliphatic heterocycles. The van der Waals surface area contributed by atoms with Crippen molar-refractivity contribution in [1.29, 1.82) is 0 Å². The molecule has 1 N–H and O–H groups in total. The van der Waals surface area contributed by atoms with Crippen LogP contribution in [-0.2, 0) is 6.54 Å². The number of hydrogen-bond donors (Lipinski definition) is 1. The molecule has 0 amide bonds. The van der Waals surface area contributed by atoms with E-state index in [0.29, 0.717) is 23.9 Å². The van der Waals surface area contributed by atoms with Gasteiger partial charge in [-0.25, -0.2) is 4.98 Å². The number of aromatic nitrogens is 2. The van der Waals surface area contributed by atoms with Gasteiger partial charge in [-0.3, -0.25) is 9.36 Å². The molecule has 0 unspecified atom stereocenters. The van der Waals surface area contributed by atoms with Crippen LogP contribution < -0.4 is 5.56 Å². The second kappa shape index (κ2) is 5.00. The highest BCUT2D eigenvalue weighted by Gasteiger charge is 2.24. The summed E-state index contributed by atoms with van der Waals surface area (Å²) in [5, 5.41) is 11.2. The smallest absolute Gasteiger partial charge is 0.297 e. The van der Waals surface area contributed by atoms with Gasteiger partial charge in [0.15, 0.2) is 0 Å². The Hall–Kier alpha value is -2.14. The van der Waals surface area contributed by atoms with Crippen LogP contribution in [0.2, 0.25) is 0 Å². The Morgan fingerprint density at radius 2 is 2.00 bits per heavy atom. The van der Waals surface area contributed by atoms with Crippen LogP contribution in [-0.4, -0.2) is 20.3 Å². The molecule has 0 atom stereocenters. The third-order valence-electron chi connectivity index (χ3n) is 4.13. The Morgan fingerprint density at radius 1 is 1.29 bits per heavy atom. The Kier molecular flexibility index (Phi) is 3.29. The minimum absolute atomic E-state index is 0.221. The zero-order valence-electron chi connectivity index (χ0n) is 12.2. The molecule has 0 saturated carbocycles. The average molecular weight is 286 g/mol. The molecule has 3 rings (SSSR count). The van der Waals surface area contributed by atoms with E-state index in [0.717, 1.165) is 5.39 Å². The topological polar surface area (TPSA) is 68.3 Å². The summed E-state index contributed by atoms with van der Waals surface area (Å²) in [5.74, 6) is 0. The van der Waals surface area contributed by atoms with E-state index in [2.05, 4.69) is 4.98 Å². The van der Waals surface area contributed by atoms with Crippen LogP contribution in [0.4, 0.5) is 0 Å². The molecular formula is C16H18N2O3. The highest BCUT2D eigenvalue weighted by Crippen LogP contribution is 2.24. The van der Waals surface area contributed by atoms with Crippen LogP contribution in [0.1, 0.15) is 26.7 Å². The van der Waals surface area contributed by atoms with Gasteiger partial charge in [-0.15, -0.1) is 0 Å². The first kappa shape index (κ1) is 13.8. The molecule has 21 heavy (non-hydrogen) atoms. The van der Waals surface area contributed by atoms with E-state index in [4.69, 9.17) is 4.42 Å². The number of para-hydroxylation sites is 1. The highest BCUT2D eigenvalue weighted by molar-refractivity contribution is 6.01. The quantitative estimate of drug-likeness (QED) is 0.800. The Balaban J connectivity index is 2.17. The van der Waals surface area contributed by atoms with Crippen molar-refractivity contribution in [3.63, 3.8) is 0 Å². The van der Waals surface area contributed by atoms with E-state index in [-0.39, 0.29) is 17.7 Å². The second-order valence-electron chi connectivity index (χ2n) is 5.39. The third kappa shape index (κ3) is 2.23. The van der Waals surface area contributed by atoms with Crippen molar-refractivity contribution in [3.05, 3.63) is 40.9 Å². The van der Waals surface area contributed by atoms with Crippen LogP contribution in [0, 0.1) is 0 Å². The molecule has 0 radical (unpaired) electrons. The lowest BCUT2D eigenvalue weighted by molar-refractivity contribution is 0.0140. The van der Waals surface area contributed by atoms with Crippen molar-refractivity contribution in [2.75, 3.05) is 0 Å². The maximum atomic E-state index is 12.5. The standard InChI is InChI=1S/C16H18N2O3/c1-3-16(20,4-2)9-18-10-17-13-11-7-5-6-8-12(11)21-14(13)15(18)19/h5-8,10,20H,3-4,9H2,1-2H3. The number of benzene rings is 1. The largest absolute Gasteiger partial charge is 0.448 e. The first-order valence-corrected chi connectivity index (χ1v) is 7.17. The zero-order valence-corrected chi connectivity index (χ0v) is 12.2. The van der Waals surface area contributed by atoms with Crippen LogP contribution in [0.15, 0.2) is 39.8 Å². The molecular weight excluding hydrogens is 268 g/mol. The fourth-order valence-electron chi connectivity index (χ4n) is 2.52. The minimum Gasteiger partial charge on any atom is -0.448 e. The maximum Gasteiger partial charge on any atom is 0.297 e. The lowest BCUT2D eigenvalue weighted by Gasteiger charge is -2.25. The first-order valence-electron chi connectivity index (χ1n) is 7.17. The predicted octanol–water partition coefficient (Wildman–Crippen LogP) is 2.69. The lowest BCUT2D eigenvalue weighted by Crippen LogP contribution is -2.37. The van der Waals surface area contributed by atoms with E-state index < -0.39 is 5.60 Å². The molecule has 0 saturated heterocycles. The molecule has 5 nitrogen and oxygen atoms in total. The van der Waals surface area contributed by atoms with E-state index >= 15 is 0 Å². The van der Waals surface area contributed by atoms with Gasteiger partial charge < -0.3 is 9.52 Å². The summed E-state index contributed by atoms with van der Waals surface area (Å²) in [6, 6.07) is 7.44. The normalized spacial score (nSPS) is 12.3. The second-order valence-corrected chi connectivity index (χ2v) is 5.39. The zero-order chi connectivity index (χ0) is 15.0. The molecule has 110 valence electrons. The summed E-state index contributed by atoms with van der Waals surface area (Å²) in [7, 11) is 0. The molecule has 1 aromatic carbocycles. The third-order valence-corrected chi connectivity index (χ3v) is 4.13. The number of hydrogen-bond acceptors (Lipinski definition) is 4. The van der Waals surface area contributed by atoms with Crippen molar-refractivity contribution >= 4 is 22.1 Å². The van der Waals surface area contributed by atoms with Gasteiger partial charge in [0.25, 0.3) is 5.56 Å². The predicted molar refractivity (Wildman–Crippen MR) is 81.3 cm³/mol. The maximum absolute atomic E-state index is 12.5. The summed E-state index contributed by atoms with van der Waals surface area (Å²) >= 11 is 0. The number of furan rings is 1. The van der Waals surface area contributed by atoms with Crippen molar-refractivity contribution in [1.82, 2.24) is 9.55 Å². The monoisotopic (exact) mass is 286 g/mol. The Bertz CT molecular complexity index is 843. The summed E-state index contributed by atoms with van der Waals surface area (Å²) in [6.07, 6.45) is 2.64. The van der Waals surface area contributed by atoms with Crippen molar-refractivity contribution in [2.45, 2.75) is 38.8 Å². The van der Waals surface area contributed by atoms with Gasteiger partial charge in [0.2, 0.25) is 5.58 Å². The fourth-order valence-corrected chi connectivity index (χ4v) is 2.52. The summed E-state index contributed by atoms with van der Waals surface area (Å²) in [5.41, 5.74) is 0.315. The van der Waals surface area contributed by atoms with E-state index in [9.17, 15) is 9.90 Å². The van der Waals surface area contributed by atoms with Gasteiger partial charge in [-0.1, -0.05) is 26.0 Å². The SMILES string of the molecule is CCC(O)(CC)Cn1cnc2c(oc3ccccc32)c1=O. The molecule has 0 aliphatic carbocycles. The molecule has 5 heteroatoms. The summed E-state index contributed by atoms with van der Waals surface area (Å²) in [6.45, 7) is 4.03. The van der Waals surface area contributed by atoms with Gasteiger partial charge in [-0.05, 0) is 25.0 Å². The molecule has 0 spiro atoms. The summed E-state index contributed by atoms with van der Waals surface area (Å²) < 4.78 is 7.06. The van der Waals surface area contributed by atoms with Crippen molar-refractivity contribution in [3.8, 4) is 0 Å². The Labute approximate surface area is 121 Å². The molecule has 0 fully saturated rings.